The summed E-state index contributed by atoms with van der Waals surface area (Å²) in [6, 6.07) is 4.46. The van der Waals surface area contributed by atoms with Crippen molar-refractivity contribution < 1.29 is 37.3 Å². The predicted octanol–water partition coefficient (Wildman–Crippen LogP) is 2.71. The zero-order chi connectivity index (χ0) is 15.9. The van der Waals surface area contributed by atoms with Crippen LogP contribution in [0, 0.1) is 0 Å². The van der Waals surface area contributed by atoms with E-state index in [2.05, 4.69) is 4.74 Å². The number of hydrogen-bond acceptors (Lipinski definition) is 4. The monoisotopic (exact) mass is 306 g/mol. The molecular formula is C13H13F3O5. The van der Waals surface area contributed by atoms with E-state index < -0.39 is 25.5 Å². The van der Waals surface area contributed by atoms with Crippen LogP contribution in [0.3, 0.4) is 0 Å². The van der Waals surface area contributed by atoms with Gasteiger partial charge in [0.25, 0.3) is 0 Å². The van der Waals surface area contributed by atoms with Gasteiger partial charge in [0.1, 0.15) is 6.61 Å². The molecule has 1 N–H and O–H groups in total. The fourth-order valence-electron chi connectivity index (χ4n) is 1.34. The van der Waals surface area contributed by atoms with Crippen molar-refractivity contribution in [2.24, 2.45) is 0 Å². The molecule has 0 atom stereocenters. The average Bonchev–Trinajstić information content (AvgIpc) is 2.40. The van der Waals surface area contributed by atoms with Gasteiger partial charge >= 0.3 is 12.1 Å². The number of carboxylic acid groups (broad SMARTS) is 1. The molecule has 0 unspecified atom stereocenters. The first kappa shape index (κ1) is 16.8. The van der Waals surface area contributed by atoms with E-state index in [1.807, 2.05) is 0 Å². The third kappa shape index (κ3) is 6.66. The summed E-state index contributed by atoms with van der Waals surface area (Å²) in [5.41, 5.74) is 0.540. The number of benzene rings is 1. The molecule has 0 aliphatic heterocycles. The minimum absolute atomic E-state index is 0.187. The molecule has 0 aliphatic rings. The van der Waals surface area contributed by atoms with Gasteiger partial charge in [-0.3, -0.25) is 0 Å². The third-order valence-electron chi connectivity index (χ3n) is 2.17. The molecule has 0 amide bonds. The Morgan fingerprint density at radius 3 is 2.62 bits per heavy atom. The van der Waals surface area contributed by atoms with Gasteiger partial charge in [0.05, 0.1) is 7.11 Å². The molecule has 1 rings (SSSR count). The van der Waals surface area contributed by atoms with E-state index in [1.54, 1.807) is 0 Å². The second-order valence-corrected chi connectivity index (χ2v) is 3.81. The van der Waals surface area contributed by atoms with E-state index in [4.69, 9.17) is 14.6 Å². The maximum absolute atomic E-state index is 11.9. The smallest absolute Gasteiger partial charge is 0.411 e. The van der Waals surface area contributed by atoms with Crippen LogP contribution < -0.4 is 9.47 Å². The summed E-state index contributed by atoms with van der Waals surface area (Å²) in [5.74, 6) is -0.667. The quantitative estimate of drug-likeness (QED) is 0.477. The van der Waals surface area contributed by atoms with Crippen molar-refractivity contribution in [3.8, 4) is 11.5 Å². The largest absolute Gasteiger partial charge is 0.493 e. The van der Waals surface area contributed by atoms with Gasteiger partial charge in [0.2, 0.25) is 0 Å². The van der Waals surface area contributed by atoms with Gasteiger partial charge in [-0.2, -0.15) is 13.2 Å². The Balaban J connectivity index is 2.64. The normalized spacial score (nSPS) is 11.6. The molecule has 1 aromatic rings. The highest BCUT2D eigenvalue weighted by atomic mass is 19.4. The second kappa shape index (κ2) is 7.53. The third-order valence-corrected chi connectivity index (χ3v) is 2.17. The lowest BCUT2D eigenvalue weighted by atomic mass is 10.2. The SMILES string of the molecule is COc1cc(/C=C/C(=O)O)ccc1OCOCC(F)(F)F. The highest BCUT2D eigenvalue weighted by molar-refractivity contribution is 5.85. The minimum Gasteiger partial charge on any atom is -0.493 e. The van der Waals surface area contributed by atoms with Crippen molar-refractivity contribution in [3.63, 3.8) is 0 Å². The first-order valence-electron chi connectivity index (χ1n) is 5.68. The summed E-state index contributed by atoms with van der Waals surface area (Å²) in [6.45, 7) is -1.99. The Labute approximate surface area is 118 Å². The molecule has 1 aromatic carbocycles. The molecule has 0 aromatic heterocycles. The average molecular weight is 306 g/mol. The minimum atomic E-state index is -4.42. The highest BCUT2D eigenvalue weighted by Gasteiger charge is 2.27. The van der Waals surface area contributed by atoms with E-state index >= 15 is 0 Å². The van der Waals surface area contributed by atoms with Crippen molar-refractivity contribution in [1.82, 2.24) is 0 Å². The summed E-state index contributed by atoms with van der Waals surface area (Å²) in [4.78, 5) is 10.4. The topological polar surface area (TPSA) is 65.0 Å². The van der Waals surface area contributed by atoms with Crippen molar-refractivity contribution in [1.29, 1.82) is 0 Å². The zero-order valence-corrected chi connectivity index (χ0v) is 11.0. The number of methoxy groups -OCH3 is 1. The zero-order valence-electron chi connectivity index (χ0n) is 11.0. The Morgan fingerprint density at radius 1 is 1.33 bits per heavy atom. The van der Waals surface area contributed by atoms with Crippen LogP contribution in [0.1, 0.15) is 5.56 Å². The summed E-state index contributed by atoms with van der Waals surface area (Å²) >= 11 is 0. The lowest BCUT2D eigenvalue weighted by molar-refractivity contribution is -0.186. The predicted molar refractivity (Wildman–Crippen MR) is 67.2 cm³/mol. The van der Waals surface area contributed by atoms with E-state index in [-0.39, 0.29) is 11.5 Å². The Bertz CT molecular complexity index is 511. The van der Waals surface area contributed by atoms with Gasteiger partial charge in [-0.15, -0.1) is 0 Å². The molecule has 0 aliphatic carbocycles. The van der Waals surface area contributed by atoms with Crippen LogP contribution in [0.15, 0.2) is 24.3 Å². The summed E-state index contributed by atoms with van der Waals surface area (Å²) in [6.07, 6.45) is -2.13. The first-order valence-corrected chi connectivity index (χ1v) is 5.68. The van der Waals surface area contributed by atoms with Gasteiger partial charge in [0.15, 0.2) is 18.3 Å². The van der Waals surface area contributed by atoms with Crippen molar-refractivity contribution in [3.05, 3.63) is 29.8 Å². The van der Waals surface area contributed by atoms with E-state index in [9.17, 15) is 18.0 Å². The first-order chi connectivity index (χ1) is 9.81. The number of aliphatic carboxylic acids is 1. The second-order valence-electron chi connectivity index (χ2n) is 3.81. The molecule has 0 spiro atoms. The Morgan fingerprint density at radius 2 is 2.05 bits per heavy atom. The van der Waals surface area contributed by atoms with Crippen molar-refractivity contribution >= 4 is 12.0 Å². The molecule has 21 heavy (non-hydrogen) atoms. The molecule has 0 radical (unpaired) electrons. The maximum atomic E-state index is 11.9. The standard InChI is InChI=1S/C13H13F3O5/c1-19-11-6-9(3-5-12(17)18)2-4-10(11)21-8-20-7-13(14,15)16/h2-6H,7-8H2,1H3,(H,17,18)/b5-3+. The number of carbonyl (C=O) groups is 1. The number of halogens is 3. The summed E-state index contributed by atoms with van der Waals surface area (Å²) in [5, 5.41) is 8.51. The molecule has 0 saturated carbocycles. The Kier molecular flexibility index (Phi) is 6.04. The van der Waals surface area contributed by atoms with Gasteiger partial charge in [-0.1, -0.05) is 6.07 Å². The van der Waals surface area contributed by atoms with Crippen LogP contribution in [-0.4, -0.2) is 37.8 Å². The number of rotatable bonds is 7. The van der Waals surface area contributed by atoms with E-state index in [0.717, 1.165) is 6.08 Å². The fraction of sp³-hybridized carbons (Fsp3) is 0.308. The highest BCUT2D eigenvalue weighted by Crippen LogP contribution is 2.28. The molecule has 0 fully saturated rings. The maximum Gasteiger partial charge on any atom is 0.411 e. The van der Waals surface area contributed by atoms with Gasteiger partial charge in [-0.05, 0) is 23.8 Å². The molecule has 0 bridgehead atoms. The molecule has 5 nitrogen and oxygen atoms in total. The van der Waals surface area contributed by atoms with Crippen LogP contribution in [0.25, 0.3) is 6.08 Å². The van der Waals surface area contributed by atoms with E-state index in [1.165, 1.54) is 31.4 Å². The van der Waals surface area contributed by atoms with Crippen LogP contribution in [0.5, 0.6) is 11.5 Å². The lowest BCUT2D eigenvalue weighted by Gasteiger charge is -2.12. The summed E-state index contributed by atoms with van der Waals surface area (Å²) in [7, 11) is 1.35. The fourth-order valence-corrected chi connectivity index (χ4v) is 1.34. The number of alkyl halides is 3. The van der Waals surface area contributed by atoms with Gasteiger partial charge in [0, 0.05) is 6.08 Å². The van der Waals surface area contributed by atoms with Crippen LogP contribution in [0.4, 0.5) is 13.2 Å². The summed E-state index contributed by atoms with van der Waals surface area (Å²) < 4.78 is 49.9. The van der Waals surface area contributed by atoms with Crippen LogP contribution in [0.2, 0.25) is 0 Å². The van der Waals surface area contributed by atoms with Gasteiger partial charge in [-0.25, -0.2) is 4.79 Å². The van der Waals surface area contributed by atoms with Crippen molar-refractivity contribution in [2.75, 3.05) is 20.5 Å². The lowest BCUT2D eigenvalue weighted by Crippen LogP contribution is -2.19. The number of ether oxygens (including phenoxy) is 3. The number of hydrogen-bond donors (Lipinski definition) is 1. The van der Waals surface area contributed by atoms with Crippen LogP contribution in [-0.2, 0) is 9.53 Å². The molecule has 8 heteroatoms. The van der Waals surface area contributed by atoms with Crippen molar-refractivity contribution in [2.45, 2.75) is 6.18 Å². The molecule has 0 saturated heterocycles. The van der Waals surface area contributed by atoms with Gasteiger partial charge < -0.3 is 19.3 Å². The molecule has 116 valence electrons. The molecule has 0 heterocycles. The number of carboxylic acids is 1. The van der Waals surface area contributed by atoms with E-state index in [0.29, 0.717) is 5.56 Å². The van der Waals surface area contributed by atoms with Crippen LogP contribution >= 0.6 is 0 Å². The Hall–Kier alpha value is -2.22. The molecular weight excluding hydrogens is 293 g/mol.